The summed E-state index contributed by atoms with van der Waals surface area (Å²) >= 11 is 0. The Bertz CT molecular complexity index is 734. The standard InChI is InChI=1S/C17H19FN4O/c1-11(23)22-8-3-2-7-15(22)16-14(10-20-17(19)21-16)12-5-4-6-13(18)9-12/h4-6,9-10,15H,2-3,7-8H2,1H3,(H2,19,20,21)/t15-/m1/s1. The molecule has 1 saturated heterocycles. The van der Waals surface area contributed by atoms with E-state index in [-0.39, 0.29) is 23.7 Å². The van der Waals surface area contributed by atoms with Crippen LogP contribution in [-0.4, -0.2) is 27.3 Å². The van der Waals surface area contributed by atoms with Crippen LogP contribution in [-0.2, 0) is 4.79 Å². The van der Waals surface area contributed by atoms with Gasteiger partial charge in [-0.25, -0.2) is 14.4 Å². The number of likely N-dealkylation sites (tertiary alicyclic amines) is 1. The third-order valence-corrected chi connectivity index (χ3v) is 4.20. The zero-order valence-corrected chi connectivity index (χ0v) is 13.0. The van der Waals surface area contributed by atoms with Gasteiger partial charge in [0.15, 0.2) is 0 Å². The number of nitrogens with zero attached hydrogens (tertiary/aromatic N) is 3. The molecule has 120 valence electrons. The minimum absolute atomic E-state index is 0.0112. The summed E-state index contributed by atoms with van der Waals surface area (Å²) in [5, 5.41) is 0. The fourth-order valence-corrected chi connectivity index (χ4v) is 3.13. The molecule has 0 radical (unpaired) electrons. The second kappa shape index (κ2) is 6.32. The SMILES string of the molecule is CC(=O)N1CCCC[C@@H]1c1nc(N)ncc1-c1cccc(F)c1. The van der Waals surface area contributed by atoms with Crippen molar-refractivity contribution in [3.8, 4) is 11.1 Å². The second-order valence-electron chi connectivity index (χ2n) is 5.76. The number of rotatable bonds is 2. The van der Waals surface area contributed by atoms with Crippen LogP contribution in [0.1, 0.15) is 37.9 Å². The number of piperidine rings is 1. The monoisotopic (exact) mass is 314 g/mol. The molecule has 1 aromatic heterocycles. The first-order chi connectivity index (χ1) is 11.1. The van der Waals surface area contributed by atoms with Crippen LogP contribution in [0.4, 0.5) is 10.3 Å². The maximum atomic E-state index is 13.6. The molecule has 1 aromatic carbocycles. The number of nitrogens with two attached hydrogens (primary N) is 1. The lowest BCUT2D eigenvalue weighted by atomic mass is 9.94. The van der Waals surface area contributed by atoms with Gasteiger partial charge < -0.3 is 10.6 Å². The van der Waals surface area contributed by atoms with Crippen molar-refractivity contribution < 1.29 is 9.18 Å². The van der Waals surface area contributed by atoms with Crippen molar-refractivity contribution in [3.63, 3.8) is 0 Å². The Morgan fingerprint density at radius 1 is 1.39 bits per heavy atom. The molecule has 2 heterocycles. The number of benzene rings is 1. The number of carbonyl (C=O) groups is 1. The summed E-state index contributed by atoms with van der Waals surface area (Å²) in [6, 6.07) is 6.14. The number of amides is 1. The quantitative estimate of drug-likeness (QED) is 0.925. The normalized spacial score (nSPS) is 18.0. The molecule has 0 spiro atoms. The molecule has 2 aromatic rings. The van der Waals surface area contributed by atoms with Gasteiger partial charge in [-0.2, -0.15) is 0 Å². The van der Waals surface area contributed by atoms with Gasteiger partial charge in [-0.05, 0) is 37.0 Å². The van der Waals surface area contributed by atoms with Gasteiger partial charge in [0.25, 0.3) is 0 Å². The molecule has 0 unspecified atom stereocenters. The highest BCUT2D eigenvalue weighted by molar-refractivity contribution is 5.75. The maximum Gasteiger partial charge on any atom is 0.220 e. The van der Waals surface area contributed by atoms with Crippen molar-refractivity contribution in [1.82, 2.24) is 14.9 Å². The summed E-state index contributed by atoms with van der Waals surface area (Å²) in [6.07, 6.45) is 4.42. The summed E-state index contributed by atoms with van der Waals surface area (Å²) in [4.78, 5) is 22.2. The summed E-state index contributed by atoms with van der Waals surface area (Å²) in [5.41, 5.74) is 7.86. The maximum absolute atomic E-state index is 13.6. The van der Waals surface area contributed by atoms with E-state index in [4.69, 9.17) is 5.73 Å². The lowest BCUT2D eigenvalue weighted by Gasteiger charge is -2.35. The van der Waals surface area contributed by atoms with Gasteiger partial charge in [0, 0.05) is 25.2 Å². The average Bonchev–Trinajstić information content (AvgIpc) is 2.54. The topological polar surface area (TPSA) is 72.1 Å². The van der Waals surface area contributed by atoms with Crippen LogP contribution in [0.15, 0.2) is 30.5 Å². The molecule has 3 rings (SSSR count). The predicted octanol–water partition coefficient (Wildman–Crippen LogP) is 2.94. The number of halogens is 1. The first-order valence-electron chi connectivity index (χ1n) is 7.72. The van der Waals surface area contributed by atoms with Crippen LogP contribution in [0.3, 0.4) is 0 Å². The minimum Gasteiger partial charge on any atom is -0.368 e. The van der Waals surface area contributed by atoms with Crippen molar-refractivity contribution in [2.45, 2.75) is 32.2 Å². The van der Waals surface area contributed by atoms with Crippen molar-refractivity contribution in [2.24, 2.45) is 0 Å². The van der Waals surface area contributed by atoms with Crippen molar-refractivity contribution >= 4 is 11.9 Å². The molecule has 23 heavy (non-hydrogen) atoms. The fraction of sp³-hybridized carbons (Fsp3) is 0.353. The van der Waals surface area contributed by atoms with Gasteiger partial charge in [0.1, 0.15) is 5.82 Å². The molecule has 0 bridgehead atoms. The van der Waals surface area contributed by atoms with Gasteiger partial charge in [0.2, 0.25) is 11.9 Å². The van der Waals surface area contributed by atoms with Gasteiger partial charge >= 0.3 is 0 Å². The van der Waals surface area contributed by atoms with E-state index in [1.54, 1.807) is 19.2 Å². The van der Waals surface area contributed by atoms with Gasteiger partial charge in [-0.3, -0.25) is 4.79 Å². The highest BCUT2D eigenvalue weighted by Gasteiger charge is 2.29. The van der Waals surface area contributed by atoms with E-state index >= 15 is 0 Å². The first-order valence-corrected chi connectivity index (χ1v) is 7.72. The van der Waals surface area contributed by atoms with Crippen LogP contribution < -0.4 is 5.73 Å². The number of anilines is 1. The van der Waals surface area contributed by atoms with Crippen molar-refractivity contribution in [1.29, 1.82) is 0 Å². The summed E-state index contributed by atoms with van der Waals surface area (Å²) in [6.45, 7) is 2.26. The number of nitrogen functional groups attached to an aromatic ring is 1. The first kappa shape index (κ1) is 15.4. The van der Waals surface area contributed by atoms with Gasteiger partial charge in [-0.1, -0.05) is 12.1 Å². The summed E-state index contributed by atoms with van der Waals surface area (Å²) < 4.78 is 13.6. The molecule has 1 aliphatic heterocycles. The summed E-state index contributed by atoms with van der Waals surface area (Å²) in [5.74, 6) is -0.149. The van der Waals surface area contributed by atoms with Crippen molar-refractivity contribution in [2.75, 3.05) is 12.3 Å². The molecule has 1 amide bonds. The van der Waals surface area contributed by atoms with E-state index < -0.39 is 0 Å². The molecular formula is C17H19FN4O. The van der Waals surface area contributed by atoms with Crippen LogP contribution >= 0.6 is 0 Å². The number of hydrogen-bond donors (Lipinski definition) is 1. The average molecular weight is 314 g/mol. The Balaban J connectivity index is 2.10. The molecule has 0 saturated carbocycles. The van der Waals surface area contributed by atoms with E-state index in [1.807, 2.05) is 11.0 Å². The second-order valence-corrected chi connectivity index (χ2v) is 5.76. The van der Waals surface area contributed by atoms with E-state index in [0.29, 0.717) is 17.8 Å². The highest BCUT2D eigenvalue weighted by Crippen LogP contribution is 2.36. The number of aromatic nitrogens is 2. The third kappa shape index (κ3) is 3.16. The zero-order chi connectivity index (χ0) is 16.4. The Kier molecular flexibility index (Phi) is 4.23. The smallest absolute Gasteiger partial charge is 0.220 e. The van der Waals surface area contributed by atoms with Crippen molar-refractivity contribution in [3.05, 3.63) is 42.0 Å². The molecule has 1 atom stereocenters. The molecule has 5 nitrogen and oxygen atoms in total. The Hall–Kier alpha value is -2.50. The molecule has 1 fully saturated rings. The molecular weight excluding hydrogens is 295 g/mol. The largest absolute Gasteiger partial charge is 0.368 e. The van der Waals surface area contributed by atoms with Crippen LogP contribution in [0, 0.1) is 5.82 Å². The Labute approximate surface area is 134 Å². The van der Waals surface area contributed by atoms with E-state index in [2.05, 4.69) is 9.97 Å². The third-order valence-electron chi connectivity index (χ3n) is 4.20. The molecule has 1 aliphatic rings. The fourth-order valence-electron chi connectivity index (χ4n) is 3.13. The van der Waals surface area contributed by atoms with E-state index in [0.717, 1.165) is 24.8 Å². The van der Waals surface area contributed by atoms with Gasteiger partial charge in [-0.15, -0.1) is 0 Å². The van der Waals surface area contributed by atoms with E-state index in [9.17, 15) is 9.18 Å². The van der Waals surface area contributed by atoms with Gasteiger partial charge in [0.05, 0.1) is 11.7 Å². The zero-order valence-electron chi connectivity index (χ0n) is 13.0. The lowest BCUT2D eigenvalue weighted by molar-refractivity contribution is -0.132. The number of carbonyl (C=O) groups excluding carboxylic acids is 1. The van der Waals surface area contributed by atoms with Crippen LogP contribution in [0.5, 0.6) is 0 Å². The Morgan fingerprint density at radius 2 is 2.22 bits per heavy atom. The highest BCUT2D eigenvalue weighted by atomic mass is 19.1. The summed E-state index contributed by atoms with van der Waals surface area (Å²) in [7, 11) is 0. The number of hydrogen-bond acceptors (Lipinski definition) is 4. The lowest BCUT2D eigenvalue weighted by Crippen LogP contribution is -2.37. The van der Waals surface area contributed by atoms with Crippen LogP contribution in [0.2, 0.25) is 0 Å². The van der Waals surface area contributed by atoms with Crippen LogP contribution in [0.25, 0.3) is 11.1 Å². The Morgan fingerprint density at radius 3 is 2.96 bits per heavy atom. The van der Waals surface area contributed by atoms with E-state index in [1.165, 1.54) is 12.1 Å². The molecule has 0 aliphatic carbocycles. The molecule has 6 heteroatoms. The molecule has 2 N–H and O–H groups in total. The minimum atomic E-state index is -0.322. The predicted molar refractivity (Wildman–Crippen MR) is 85.8 cm³/mol.